The minimum absolute atomic E-state index is 0.0338. The predicted octanol–water partition coefficient (Wildman–Crippen LogP) is 2.29. The first kappa shape index (κ1) is 18.6. The van der Waals surface area contributed by atoms with E-state index in [1.807, 2.05) is 43.3 Å². The molecule has 0 bridgehead atoms. The molecule has 1 aromatic carbocycles. The van der Waals surface area contributed by atoms with Crippen molar-refractivity contribution in [2.24, 2.45) is 5.92 Å². The Labute approximate surface area is 164 Å². The number of β-amino-alcohol motifs (C(OH)–C–C–N with tert-alkyl or cyclic N) is 1. The molecule has 0 unspecified atom stereocenters. The van der Waals surface area contributed by atoms with Gasteiger partial charge in [-0.1, -0.05) is 30.3 Å². The minimum atomic E-state index is -0.567. The zero-order valence-electron chi connectivity index (χ0n) is 16.0. The van der Waals surface area contributed by atoms with Crippen molar-refractivity contribution >= 4 is 17.3 Å². The average molecular weight is 379 g/mol. The van der Waals surface area contributed by atoms with Gasteiger partial charge in [0.25, 0.3) is 0 Å². The number of H-pyrrole nitrogens is 1. The molecule has 0 radical (unpaired) electrons. The third-order valence-corrected chi connectivity index (χ3v) is 5.74. The standard InChI is InChI=1S/C22H25N3O3/c1-14-9-17(24-23-14)10-16-12-25(13-21(16)27)22(28)11-19-18(7-8-20(19)26)15-5-3-2-4-6-15/h2-6,9,16,21,27H,7-8,10-13H2,1H3,(H,23,24)/t16-,21-/m1/s1. The summed E-state index contributed by atoms with van der Waals surface area (Å²) in [5.41, 5.74) is 4.52. The molecule has 1 saturated heterocycles. The average Bonchev–Trinajstić information content (AvgIpc) is 3.37. The first-order valence-corrected chi connectivity index (χ1v) is 9.78. The SMILES string of the molecule is Cc1cc(C[C@@H]2CN(C(=O)CC3=C(c4ccccc4)CCC3=O)C[C@H]2O)n[nH]1. The van der Waals surface area contributed by atoms with Gasteiger partial charge in [-0.2, -0.15) is 5.10 Å². The van der Waals surface area contributed by atoms with Crippen molar-refractivity contribution < 1.29 is 14.7 Å². The topological polar surface area (TPSA) is 86.3 Å². The van der Waals surface area contributed by atoms with Gasteiger partial charge in [-0.25, -0.2) is 0 Å². The number of allylic oxidation sites excluding steroid dienone is 1. The molecule has 6 heteroatoms. The highest BCUT2D eigenvalue weighted by Crippen LogP contribution is 2.34. The van der Waals surface area contributed by atoms with Crippen molar-refractivity contribution in [1.82, 2.24) is 15.1 Å². The van der Waals surface area contributed by atoms with Crippen molar-refractivity contribution in [2.45, 2.75) is 38.7 Å². The number of carbonyl (C=O) groups is 2. The number of rotatable bonds is 5. The van der Waals surface area contributed by atoms with Gasteiger partial charge in [0, 0.05) is 36.7 Å². The number of amides is 1. The van der Waals surface area contributed by atoms with Crippen LogP contribution in [0.15, 0.2) is 42.0 Å². The van der Waals surface area contributed by atoms with Gasteiger partial charge in [0.1, 0.15) is 0 Å². The lowest BCUT2D eigenvalue weighted by atomic mass is 9.99. The Kier molecular flexibility index (Phi) is 5.13. The van der Waals surface area contributed by atoms with Crippen LogP contribution < -0.4 is 0 Å². The monoisotopic (exact) mass is 379 g/mol. The van der Waals surface area contributed by atoms with Crippen molar-refractivity contribution in [3.8, 4) is 0 Å². The summed E-state index contributed by atoms with van der Waals surface area (Å²) in [6.07, 6.45) is 1.34. The number of nitrogens with one attached hydrogen (secondary N) is 1. The summed E-state index contributed by atoms with van der Waals surface area (Å²) in [7, 11) is 0. The van der Waals surface area contributed by atoms with Crippen LogP contribution in [0.5, 0.6) is 0 Å². The van der Waals surface area contributed by atoms with E-state index >= 15 is 0 Å². The van der Waals surface area contributed by atoms with E-state index in [0.717, 1.165) is 22.5 Å². The van der Waals surface area contributed by atoms with E-state index in [9.17, 15) is 14.7 Å². The normalized spacial score (nSPS) is 22.4. The van der Waals surface area contributed by atoms with Crippen LogP contribution in [0.25, 0.3) is 5.57 Å². The third kappa shape index (κ3) is 3.78. The molecule has 2 atom stereocenters. The van der Waals surface area contributed by atoms with E-state index in [4.69, 9.17) is 0 Å². The Morgan fingerprint density at radius 2 is 2.04 bits per heavy atom. The largest absolute Gasteiger partial charge is 0.391 e. The minimum Gasteiger partial charge on any atom is -0.391 e. The van der Waals surface area contributed by atoms with E-state index in [1.165, 1.54) is 0 Å². The van der Waals surface area contributed by atoms with Crippen LogP contribution in [0.3, 0.4) is 0 Å². The Balaban J connectivity index is 1.45. The fourth-order valence-corrected chi connectivity index (χ4v) is 4.24. The third-order valence-electron chi connectivity index (χ3n) is 5.74. The van der Waals surface area contributed by atoms with Gasteiger partial charge >= 0.3 is 0 Å². The second kappa shape index (κ2) is 7.72. The molecule has 6 nitrogen and oxygen atoms in total. The van der Waals surface area contributed by atoms with Crippen molar-refractivity contribution in [3.05, 3.63) is 58.9 Å². The van der Waals surface area contributed by atoms with Crippen molar-refractivity contribution in [1.29, 1.82) is 0 Å². The molecular weight excluding hydrogens is 354 g/mol. The fraction of sp³-hybridized carbons (Fsp3) is 0.409. The zero-order chi connectivity index (χ0) is 19.7. The highest BCUT2D eigenvalue weighted by molar-refractivity contribution is 6.10. The summed E-state index contributed by atoms with van der Waals surface area (Å²) in [5, 5.41) is 17.5. The molecule has 1 amide bonds. The number of benzene rings is 1. The molecule has 0 saturated carbocycles. The summed E-state index contributed by atoms with van der Waals surface area (Å²) in [5.74, 6) is -0.0533. The molecule has 146 valence electrons. The van der Waals surface area contributed by atoms with Crippen molar-refractivity contribution in [3.63, 3.8) is 0 Å². The number of ketones is 1. The first-order chi connectivity index (χ1) is 13.5. The van der Waals surface area contributed by atoms with Crippen LogP contribution in [-0.4, -0.2) is 51.1 Å². The number of carbonyl (C=O) groups excluding carboxylic acids is 2. The van der Waals surface area contributed by atoms with Gasteiger partial charge in [-0.3, -0.25) is 14.7 Å². The number of aliphatic hydroxyl groups excluding tert-OH is 1. The Morgan fingerprint density at radius 1 is 1.25 bits per heavy atom. The van der Waals surface area contributed by atoms with Crippen LogP contribution in [-0.2, 0) is 16.0 Å². The molecule has 2 aliphatic rings. The quantitative estimate of drug-likeness (QED) is 0.835. The van der Waals surface area contributed by atoms with Gasteiger partial charge < -0.3 is 10.0 Å². The van der Waals surface area contributed by atoms with Gasteiger partial charge in [0.2, 0.25) is 5.91 Å². The molecular formula is C22H25N3O3. The summed E-state index contributed by atoms with van der Waals surface area (Å²) >= 11 is 0. The summed E-state index contributed by atoms with van der Waals surface area (Å²) < 4.78 is 0. The van der Waals surface area contributed by atoms with Gasteiger partial charge in [0.15, 0.2) is 5.78 Å². The molecule has 1 aliphatic heterocycles. The summed E-state index contributed by atoms with van der Waals surface area (Å²) in [6, 6.07) is 11.8. The van der Waals surface area contributed by atoms with E-state index < -0.39 is 6.10 Å². The number of hydrogen-bond donors (Lipinski definition) is 2. The van der Waals surface area contributed by atoms with Gasteiger partial charge in [-0.15, -0.1) is 0 Å². The molecule has 2 aromatic rings. The lowest BCUT2D eigenvalue weighted by Gasteiger charge is -2.17. The molecule has 28 heavy (non-hydrogen) atoms. The van der Waals surface area contributed by atoms with E-state index in [-0.39, 0.29) is 24.0 Å². The molecule has 0 spiro atoms. The van der Waals surface area contributed by atoms with Crippen LogP contribution in [0, 0.1) is 12.8 Å². The molecule has 1 fully saturated rings. The molecule has 1 aliphatic carbocycles. The highest BCUT2D eigenvalue weighted by atomic mass is 16.3. The first-order valence-electron chi connectivity index (χ1n) is 9.78. The second-order valence-corrected chi connectivity index (χ2v) is 7.80. The number of hydrogen-bond acceptors (Lipinski definition) is 4. The van der Waals surface area contributed by atoms with Crippen molar-refractivity contribution in [2.75, 3.05) is 13.1 Å². The Bertz CT molecular complexity index is 916. The maximum atomic E-state index is 12.9. The fourth-order valence-electron chi connectivity index (χ4n) is 4.24. The highest BCUT2D eigenvalue weighted by Gasteiger charge is 2.36. The van der Waals surface area contributed by atoms with Crippen LogP contribution >= 0.6 is 0 Å². The number of aromatic nitrogens is 2. The second-order valence-electron chi connectivity index (χ2n) is 7.80. The van der Waals surface area contributed by atoms with Crippen LogP contribution in [0.2, 0.25) is 0 Å². The maximum Gasteiger partial charge on any atom is 0.227 e. The lowest BCUT2D eigenvalue weighted by molar-refractivity contribution is -0.130. The lowest BCUT2D eigenvalue weighted by Crippen LogP contribution is -2.30. The molecule has 1 aromatic heterocycles. The Morgan fingerprint density at radius 3 is 2.75 bits per heavy atom. The van der Waals surface area contributed by atoms with Gasteiger partial charge in [0.05, 0.1) is 18.2 Å². The number of aryl methyl sites for hydroxylation is 1. The number of Topliss-reactive ketones (excluding diaryl/α,β-unsaturated/α-hetero) is 1. The summed E-state index contributed by atoms with van der Waals surface area (Å²) in [6.45, 7) is 2.75. The van der Waals surface area contributed by atoms with Crippen LogP contribution in [0.1, 0.15) is 36.2 Å². The smallest absolute Gasteiger partial charge is 0.227 e. The number of nitrogens with zero attached hydrogens (tertiary/aromatic N) is 2. The molecule has 2 N–H and O–H groups in total. The molecule has 2 heterocycles. The van der Waals surface area contributed by atoms with Crippen LogP contribution in [0.4, 0.5) is 0 Å². The number of likely N-dealkylation sites (tertiary alicyclic amines) is 1. The Hall–Kier alpha value is -2.73. The number of aromatic amines is 1. The van der Waals surface area contributed by atoms with E-state index in [0.29, 0.717) is 37.9 Å². The van der Waals surface area contributed by atoms with Gasteiger partial charge in [-0.05, 0) is 37.0 Å². The maximum absolute atomic E-state index is 12.9. The molecule has 4 rings (SSSR count). The number of aliphatic hydroxyl groups is 1. The summed E-state index contributed by atoms with van der Waals surface area (Å²) in [4.78, 5) is 27.0. The van der Waals surface area contributed by atoms with E-state index in [2.05, 4.69) is 10.2 Å². The zero-order valence-corrected chi connectivity index (χ0v) is 16.0. The predicted molar refractivity (Wildman–Crippen MR) is 105 cm³/mol. The van der Waals surface area contributed by atoms with E-state index in [1.54, 1.807) is 4.90 Å².